The minimum atomic E-state index is -0.443. The molecule has 1 aliphatic heterocycles. The second kappa shape index (κ2) is 8.60. The van der Waals surface area contributed by atoms with Crippen molar-refractivity contribution < 1.29 is 14.3 Å². The van der Waals surface area contributed by atoms with Crippen LogP contribution >= 0.6 is 11.6 Å². The predicted molar refractivity (Wildman–Crippen MR) is 123 cm³/mol. The van der Waals surface area contributed by atoms with Gasteiger partial charge in [0.05, 0.1) is 12.2 Å². The van der Waals surface area contributed by atoms with Crippen molar-refractivity contribution >= 4 is 39.9 Å². The number of imide groups is 1. The number of fused-ring (bicyclic) bond motifs is 1. The van der Waals surface area contributed by atoms with Crippen molar-refractivity contribution in [2.45, 2.75) is 20.3 Å². The first-order chi connectivity index (χ1) is 14.9. The van der Waals surface area contributed by atoms with E-state index >= 15 is 0 Å². The number of rotatable bonds is 7. The Morgan fingerprint density at radius 1 is 1.00 bits per heavy atom. The number of amides is 2. The molecule has 0 unspecified atom stereocenters. The molecular formula is C25H25ClN2O3. The first-order valence-corrected chi connectivity index (χ1v) is 10.8. The largest absolute Gasteiger partial charge is 0.493 e. The van der Waals surface area contributed by atoms with Crippen LogP contribution in [0, 0.1) is 5.92 Å². The number of benzene rings is 2. The van der Waals surface area contributed by atoms with Crippen molar-refractivity contribution in [3.8, 4) is 5.75 Å². The molecule has 2 heterocycles. The third-order valence-corrected chi connectivity index (χ3v) is 5.77. The van der Waals surface area contributed by atoms with Gasteiger partial charge in [0.25, 0.3) is 11.8 Å². The zero-order valence-electron chi connectivity index (χ0n) is 17.9. The van der Waals surface area contributed by atoms with Gasteiger partial charge in [-0.1, -0.05) is 55.8 Å². The molecular weight excluding hydrogens is 412 g/mol. The number of halogens is 1. The molecule has 0 atom stereocenters. The van der Waals surface area contributed by atoms with Crippen molar-refractivity contribution in [1.29, 1.82) is 0 Å². The maximum absolute atomic E-state index is 13.0. The molecule has 3 aromatic rings. The first kappa shape index (κ1) is 21.2. The molecule has 0 radical (unpaired) electrons. The van der Waals surface area contributed by atoms with Gasteiger partial charge in [0.15, 0.2) is 0 Å². The minimum Gasteiger partial charge on any atom is -0.493 e. The molecule has 0 spiro atoms. The van der Waals surface area contributed by atoms with E-state index in [-0.39, 0.29) is 23.1 Å². The lowest BCUT2D eigenvalue weighted by Crippen LogP contribution is -2.33. The SMILES string of the molecule is CC(C)COc1ccc(C2=C(Cl)C(=O)N(CCc3cn(C)c4ccccc34)C2=O)cc1. The molecule has 0 bridgehead atoms. The number of aromatic nitrogens is 1. The van der Waals surface area contributed by atoms with Crippen molar-refractivity contribution in [3.63, 3.8) is 0 Å². The summed E-state index contributed by atoms with van der Waals surface area (Å²) in [5, 5.41) is 1.10. The fourth-order valence-corrected chi connectivity index (χ4v) is 4.13. The van der Waals surface area contributed by atoms with Crippen LogP contribution in [0.1, 0.15) is 25.0 Å². The average Bonchev–Trinajstić information content (AvgIpc) is 3.19. The third kappa shape index (κ3) is 4.10. The smallest absolute Gasteiger partial charge is 0.273 e. The Balaban J connectivity index is 1.50. The van der Waals surface area contributed by atoms with Gasteiger partial charge in [0.1, 0.15) is 10.8 Å². The van der Waals surface area contributed by atoms with Crippen LogP contribution in [0.3, 0.4) is 0 Å². The zero-order valence-corrected chi connectivity index (χ0v) is 18.6. The lowest BCUT2D eigenvalue weighted by atomic mass is 10.1. The Hall–Kier alpha value is -3.05. The lowest BCUT2D eigenvalue weighted by Gasteiger charge is -2.14. The summed E-state index contributed by atoms with van der Waals surface area (Å²) >= 11 is 6.31. The molecule has 1 aliphatic rings. The molecule has 0 aliphatic carbocycles. The van der Waals surface area contributed by atoms with Gasteiger partial charge in [-0.15, -0.1) is 0 Å². The molecule has 0 saturated heterocycles. The van der Waals surface area contributed by atoms with E-state index in [1.54, 1.807) is 24.3 Å². The van der Waals surface area contributed by atoms with E-state index in [2.05, 4.69) is 30.5 Å². The molecule has 0 fully saturated rings. The number of hydrogen-bond donors (Lipinski definition) is 0. The fourth-order valence-electron chi connectivity index (χ4n) is 3.84. The Kier molecular flexibility index (Phi) is 5.88. The Bertz CT molecular complexity index is 1180. The molecule has 31 heavy (non-hydrogen) atoms. The molecule has 4 rings (SSSR count). The zero-order chi connectivity index (χ0) is 22.1. The van der Waals surface area contributed by atoms with E-state index in [1.165, 1.54) is 4.90 Å². The quantitative estimate of drug-likeness (QED) is 0.501. The molecule has 1 aromatic heterocycles. The summed E-state index contributed by atoms with van der Waals surface area (Å²) in [6.07, 6.45) is 2.61. The Morgan fingerprint density at radius 3 is 2.42 bits per heavy atom. The lowest BCUT2D eigenvalue weighted by molar-refractivity contribution is -0.136. The van der Waals surface area contributed by atoms with E-state index in [9.17, 15) is 9.59 Å². The van der Waals surface area contributed by atoms with Gasteiger partial charge < -0.3 is 9.30 Å². The summed E-state index contributed by atoms with van der Waals surface area (Å²) in [4.78, 5) is 27.0. The molecule has 0 saturated carbocycles. The summed E-state index contributed by atoms with van der Waals surface area (Å²) in [6, 6.07) is 15.2. The van der Waals surface area contributed by atoms with Gasteiger partial charge in [0.2, 0.25) is 0 Å². The van der Waals surface area contributed by atoms with Crippen LogP contribution in [-0.2, 0) is 23.1 Å². The highest BCUT2D eigenvalue weighted by molar-refractivity contribution is 6.55. The number of para-hydroxylation sites is 1. The van der Waals surface area contributed by atoms with Gasteiger partial charge in [-0.05, 0) is 41.7 Å². The van der Waals surface area contributed by atoms with E-state index in [0.29, 0.717) is 24.5 Å². The van der Waals surface area contributed by atoms with E-state index in [1.807, 2.05) is 25.4 Å². The summed E-state index contributed by atoms with van der Waals surface area (Å²) in [5.74, 6) is 0.341. The second-order valence-electron chi connectivity index (χ2n) is 8.21. The molecule has 5 nitrogen and oxygen atoms in total. The highest BCUT2D eigenvalue weighted by Gasteiger charge is 2.37. The fraction of sp³-hybridized carbons (Fsp3) is 0.280. The van der Waals surface area contributed by atoms with Crippen LogP contribution in [0.25, 0.3) is 16.5 Å². The normalized spacial score (nSPS) is 14.4. The highest BCUT2D eigenvalue weighted by atomic mass is 35.5. The van der Waals surface area contributed by atoms with Crippen LogP contribution in [0.2, 0.25) is 0 Å². The van der Waals surface area contributed by atoms with E-state index in [0.717, 1.165) is 22.2 Å². The topological polar surface area (TPSA) is 51.5 Å². The second-order valence-corrected chi connectivity index (χ2v) is 8.59. The standard InChI is InChI=1S/C25H25ClN2O3/c1-16(2)15-31-19-10-8-17(9-11-19)22-23(26)25(30)28(24(22)29)13-12-18-14-27(3)21-7-5-4-6-20(18)21/h4-11,14,16H,12-13,15H2,1-3H3. The Labute approximate surface area is 186 Å². The summed E-state index contributed by atoms with van der Waals surface area (Å²) in [6.45, 7) is 5.05. The maximum atomic E-state index is 13.0. The van der Waals surface area contributed by atoms with Crippen LogP contribution < -0.4 is 4.74 Å². The van der Waals surface area contributed by atoms with Crippen LogP contribution in [-0.4, -0.2) is 34.4 Å². The molecule has 0 N–H and O–H groups in total. The van der Waals surface area contributed by atoms with E-state index < -0.39 is 5.91 Å². The van der Waals surface area contributed by atoms with Crippen molar-refractivity contribution in [2.75, 3.05) is 13.2 Å². The number of nitrogens with zero attached hydrogens (tertiary/aromatic N) is 2. The van der Waals surface area contributed by atoms with Crippen molar-refractivity contribution in [3.05, 3.63) is 70.9 Å². The van der Waals surface area contributed by atoms with Gasteiger partial charge in [0, 0.05) is 30.7 Å². The van der Waals surface area contributed by atoms with Gasteiger partial charge in [-0.25, -0.2) is 0 Å². The molecule has 2 aromatic carbocycles. The number of hydrogen-bond acceptors (Lipinski definition) is 3. The first-order valence-electron chi connectivity index (χ1n) is 10.4. The number of carbonyl (C=O) groups is 2. The monoisotopic (exact) mass is 436 g/mol. The van der Waals surface area contributed by atoms with Crippen molar-refractivity contribution in [2.24, 2.45) is 13.0 Å². The number of aryl methyl sites for hydroxylation is 1. The van der Waals surface area contributed by atoms with Crippen LogP contribution in [0.4, 0.5) is 0 Å². The minimum absolute atomic E-state index is 0.0289. The van der Waals surface area contributed by atoms with Gasteiger partial charge >= 0.3 is 0 Å². The van der Waals surface area contributed by atoms with Crippen LogP contribution in [0.15, 0.2) is 59.8 Å². The number of ether oxygens (including phenoxy) is 1. The van der Waals surface area contributed by atoms with Crippen molar-refractivity contribution in [1.82, 2.24) is 9.47 Å². The average molecular weight is 437 g/mol. The number of carbonyl (C=O) groups excluding carboxylic acids is 2. The molecule has 2 amide bonds. The summed E-state index contributed by atoms with van der Waals surface area (Å²) < 4.78 is 7.75. The van der Waals surface area contributed by atoms with E-state index in [4.69, 9.17) is 16.3 Å². The maximum Gasteiger partial charge on any atom is 0.273 e. The van der Waals surface area contributed by atoms with Gasteiger partial charge in [-0.2, -0.15) is 0 Å². The third-order valence-electron chi connectivity index (χ3n) is 5.42. The summed E-state index contributed by atoms with van der Waals surface area (Å²) in [7, 11) is 1.99. The highest BCUT2D eigenvalue weighted by Crippen LogP contribution is 2.33. The predicted octanol–water partition coefficient (Wildman–Crippen LogP) is 4.77. The molecule has 160 valence electrons. The van der Waals surface area contributed by atoms with Gasteiger partial charge in [-0.3, -0.25) is 14.5 Å². The Morgan fingerprint density at radius 2 is 1.71 bits per heavy atom. The summed E-state index contributed by atoms with van der Waals surface area (Å²) in [5.41, 5.74) is 3.08. The van der Waals surface area contributed by atoms with Crippen LogP contribution in [0.5, 0.6) is 5.75 Å². The molecule has 6 heteroatoms.